The molecule has 0 aliphatic carbocycles. The van der Waals surface area contributed by atoms with Crippen LogP contribution in [0, 0.1) is 0 Å². The molecule has 4 heterocycles. The minimum Gasteiger partial charge on any atom is -0.508 e. The van der Waals surface area contributed by atoms with E-state index in [1.54, 1.807) is 23.5 Å². The quantitative estimate of drug-likeness (QED) is 0.715. The first-order chi connectivity index (χ1) is 14.2. The van der Waals surface area contributed by atoms with E-state index in [0.717, 1.165) is 55.1 Å². The molecular formula is C21H22N4O3S. The van der Waals surface area contributed by atoms with Gasteiger partial charge in [0.1, 0.15) is 5.75 Å². The summed E-state index contributed by atoms with van der Waals surface area (Å²) in [7, 11) is 0. The first-order valence-corrected chi connectivity index (χ1v) is 10.8. The van der Waals surface area contributed by atoms with Gasteiger partial charge in [0, 0.05) is 37.3 Å². The minimum atomic E-state index is -0.0512. The topological polar surface area (TPSA) is 78.8 Å². The van der Waals surface area contributed by atoms with Crippen molar-refractivity contribution in [2.45, 2.75) is 12.8 Å². The lowest BCUT2D eigenvalue weighted by Gasteiger charge is -2.28. The third-order valence-corrected chi connectivity index (χ3v) is 6.31. The fraction of sp³-hybridized carbons (Fsp3) is 0.381. The average molecular weight is 410 g/mol. The van der Waals surface area contributed by atoms with Crippen molar-refractivity contribution in [1.82, 2.24) is 14.9 Å². The zero-order valence-corrected chi connectivity index (χ0v) is 16.8. The Balaban J connectivity index is 1.57. The van der Waals surface area contributed by atoms with Crippen LogP contribution in [-0.4, -0.2) is 65.3 Å². The molecule has 0 radical (unpaired) electrons. The highest BCUT2D eigenvalue weighted by Gasteiger charge is 2.22. The number of anilines is 1. The number of phenolic OH excluding ortho intramolecular Hbond substituents is 1. The number of carbonyl (C=O) groups is 1. The van der Waals surface area contributed by atoms with Crippen LogP contribution in [0.5, 0.6) is 5.75 Å². The highest BCUT2D eigenvalue weighted by molar-refractivity contribution is 7.17. The number of morpholine rings is 1. The fourth-order valence-electron chi connectivity index (χ4n) is 3.93. The van der Waals surface area contributed by atoms with Crippen molar-refractivity contribution in [3.05, 3.63) is 35.2 Å². The molecule has 2 aromatic heterocycles. The summed E-state index contributed by atoms with van der Waals surface area (Å²) < 4.78 is 6.52. The molecule has 1 N–H and O–H groups in total. The molecule has 2 aliphatic rings. The maximum atomic E-state index is 12.8. The molecule has 1 amide bonds. The Morgan fingerprint density at radius 2 is 1.86 bits per heavy atom. The Hall–Kier alpha value is -2.71. The summed E-state index contributed by atoms with van der Waals surface area (Å²) in [6, 6.07) is 6.92. The number of thiophene rings is 1. The highest BCUT2D eigenvalue weighted by atomic mass is 32.1. The minimum absolute atomic E-state index is 0.0481. The molecule has 2 saturated heterocycles. The molecule has 150 valence electrons. The molecule has 0 atom stereocenters. The Morgan fingerprint density at radius 1 is 1.07 bits per heavy atom. The van der Waals surface area contributed by atoms with Gasteiger partial charge in [0.05, 0.1) is 23.4 Å². The smallest absolute Gasteiger partial charge is 0.254 e. The molecule has 1 aromatic carbocycles. The number of carbonyl (C=O) groups excluding carboxylic acids is 1. The first kappa shape index (κ1) is 18.3. The van der Waals surface area contributed by atoms with Crippen molar-refractivity contribution in [3.63, 3.8) is 0 Å². The second kappa shape index (κ2) is 7.61. The molecular weight excluding hydrogens is 388 g/mol. The van der Waals surface area contributed by atoms with E-state index in [0.29, 0.717) is 30.2 Å². The number of amides is 1. The zero-order chi connectivity index (χ0) is 19.8. The predicted molar refractivity (Wildman–Crippen MR) is 113 cm³/mol. The van der Waals surface area contributed by atoms with Crippen molar-refractivity contribution in [2.75, 3.05) is 44.3 Å². The maximum Gasteiger partial charge on any atom is 0.254 e. The van der Waals surface area contributed by atoms with Crippen LogP contribution in [0.25, 0.3) is 21.6 Å². The molecule has 2 fully saturated rings. The monoisotopic (exact) mass is 410 g/mol. The van der Waals surface area contributed by atoms with Crippen LogP contribution >= 0.6 is 11.3 Å². The number of likely N-dealkylation sites (tertiary alicyclic amines) is 1. The van der Waals surface area contributed by atoms with E-state index in [2.05, 4.69) is 4.90 Å². The lowest BCUT2D eigenvalue weighted by Crippen LogP contribution is -2.36. The standard InChI is InChI=1S/C21H22N4O3S/c26-16-12-14(11-15(13-16)21(27)25-4-1-2-5-25)19-22-17-3-10-29-18(17)20(23-19)24-6-8-28-9-7-24/h3,10-13,26H,1-2,4-9H2. The third-order valence-electron chi connectivity index (χ3n) is 5.41. The molecule has 2 aliphatic heterocycles. The number of phenols is 1. The lowest BCUT2D eigenvalue weighted by atomic mass is 10.1. The summed E-state index contributed by atoms with van der Waals surface area (Å²) >= 11 is 1.62. The van der Waals surface area contributed by atoms with Crippen LogP contribution in [0.3, 0.4) is 0 Å². The van der Waals surface area contributed by atoms with Crippen LogP contribution in [0.4, 0.5) is 5.82 Å². The summed E-state index contributed by atoms with van der Waals surface area (Å²) in [4.78, 5) is 26.4. The van der Waals surface area contributed by atoms with Crippen molar-refractivity contribution >= 4 is 33.3 Å². The number of ether oxygens (including phenoxy) is 1. The molecule has 29 heavy (non-hydrogen) atoms. The Labute approximate surface area is 172 Å². The van der Waals surface area contributed by atoms with Crippen molar-refractivity contribution in [1.29, 1.82) is 0 Å². The van der Waals surface area contributed by atoms with Crippen LogP contribution in [0.15, 0.2) is 29.6 Å². The summed E-state index contributed by atoms with van der Waals surface area (Å²) in [5, 5.41) is 12.3. The SMILES string of the molecule is O=C(c1cc(O)cc(-c2nc(N3CCOCC3)c3sccc3n2)c1)N1CCCC1. The normalized spacial score (nSPS) is 17.2. The van der Waals surface area contributed by atoms with Gasteiger partial charge in [-0.05, 0) is 42.5 Å². The van der Waals surface area contributed by atoms with Crippen LogP contribution in [-0.2, 0) is 4.74 Å². The maximum absolute atomic E-state index is 12.8. The van der Waals surface area contributed by atoms with Gasteiger partial charge in [0.15, 0.2) is 11.6 Å². The van der Waals surface area contributed by atoms with Crippen LogP contribution in [0.2, 0.25) is 0 Å². The predicted octanol–water partition coefficient (Wildman–Crippen LogP) is 3.14. The number of aromatic nitrogens is 2. The van der Waals surface area contributed by atoms with Crippen LogP contribution in [0.1, 0.15) is 23.2 Å². The van der Waals surface area contributed by atoms with Gasteiger partial charge >= 0.3 is 0 Å². The second-order valence-corrected chi connectivity index (χ2v) is 8.29. The number of hydrogen-bond donors (Lipinski definition) is 1. The van der Waals surface area contributed by atoms with E-state index >= 15 is 0 Å². The van der Waals surface area contributed by atoms with E-state index in [9.17, 15) is 9.90 Å². The molecule has 8 heteroatoms. The number of nitrogens with zero attached hydrogens (tertiary/aromatic N) is 4. The van der Waals surface area contributed by atoms with Gasteiger partial charge in [-0.25, -0.2) is 9.97 Å². The van der Waals surface area contributed by atoms with Gasteiger partial charge in [0.25, 0.3) is 5.91 Å². The molecule has 0 spiro atoms. The third kappa shape index (κ3) is 3.54. The Bertz CT molecular complexity index is 1060. The molecule has 0 bridgehead atoms. The number of hydrogen-bond acceptors (Lipinski definition) is 7. The second-order valence-electron chi connectivity index (χ2n) is 7.37. The lowest BCUT2D eigenvalue weighted by molar-refractivity contribution is 0.0792. The van der Waals surface area contributed by atoms with E-state index in [1.165, 1.54) is 6.07 Å². The Kier molecular flexibility index (Phi) is 4.81. The fourth-order valence-corrected chi connectivity index (χ4v) is 4.78. The Morgan fingerprint density at radius 3 is 2.66 bits per heavy atom. The molecule has 7 nitrogen and oxygen atoms in total. The zero-order valence-electron chi connectivity index (χ0n) is 16.0. The van der Waals surface area contributed by atoms with Crippen LogP contribution < -0.4 is 4.90 Å². The summed E-state index contributed by atoms with van der Waals surface area (Å²) in [6.07, 6.45) is 2.05. The number of fused-ring (bicyclic) bond motifs is 1. The number of benzene rings is 1. The van der Waals surface area contributed by atoms with Gasteiger partial charge in [-0.1, -0.05) is 0 Å². The molecule has 5 rings (SSSR count). The van der Waals surface area contributed by atoms with Gasteiger partial charge in [0.2, 0.25) is 0 Å². The van der Waals surface area contributed by atoms with E-state index in [-0.39, 0.29) is 11.7 Å². The highest BCUT2D eigenvalue weighted by Crippen LogP contribution is 2.33. The van der Waals surface area contributed by atoms with E-state index in [4.69, 9.17) is 14.7 Å². The summed E-state index contributed by atoms with van der Waals surface area (Å²) in [6.45, 7) is 4.44. The van der Waals surface area contributed by atoms with Gasteiger partial charge in [-0.2, -0.15) is 0 Å². The van der Waals surface area contributed by atoms with E-state index in [1.807, 2.05) is 16.3 Å². The van der Waals surface area contributed by atoms with Gasteiger partial charge in [-0.15, -0.1) is 11.3 Å². The van der Waals surface area contributed by atoms with Gasteiger partial charge < -0.3 is 19.6 Å². The van der Waals surface area contributed by atoms with Crippen molar-refractivity contribution in [2.24, 2.45) is 0 Å². The first-order valence-electron chi connectivity index (χ1n) is 9.91. The molecule has 0 unspecified atom stereocenters. The number of aromatic hydroxyl groups is 1. The summed E-state index contributed by atoms with van der Waals surface area (Å²) in [5.41, 5.74) is 2.00. The van der Waals surface area contributed by atoms with Crippen molar-refractivity contribution < 1.29 is 14.6 Å². The molecule has 0 saturated carbocycles. The van der Waals surface area contributed by atoms with Crippen molar-refractivity contribution in [3.8, 4) is 17.1 Å². The molecule has 3 aromatic rings. The average Bonchev–Trinajstić information content (AvgIpc) is 3.44. The largest absolute Gasteiger partial charge is 0.508 e. The van der Waals surface area contributed by atoms with Gasteiger partial charge in [-0.3, -0.25) is 4.79 Å². The number of rotatable bonds is 3. The van der Waals surface area contributed by atoms with E-state index < -0.39 is 0 Å². The summed E-state index contributed by atoms with van der Waals surface area (Å²) in [5.74, 6) is 1.40.